The summed E-state index contributed by atoms with van der Waals surface area (Å²) < 4.78 is 53.9. The van der Waals surface area contributed by atoms with Crippen molar-refractivity contribution in [3.05, 3.63) is 83.8 Å². The third kappa shape index (κ3) is 4.05. The van der Waals surface area contributed by atoms with E-state index >= 15 is 0 Å². The summed E-state index contributed by atoms with van der Waals surface area (Å²) in [5.41, 5.74) is 6.09. The summed E-state index contributed by atoms with van der Waals surface area (Å²) in [7, 11) is 0. The minimum Gasteiger partial charge on any atom is -0.364 e. The number of carbonyl (C=O) groups excluding carboxylic acids is 2. The Morgan fingerprint density at radius 3 is 2.24 bits per heavy atom. The van der Waals surface area contributed by atoms with Crippen LogP contribution in [0.5, 0.6) is 0 Å². The van der Waals surface area contributed by atoms with E-state index < -0.39 is 35.1 Å². The normalized spacial score (nSPS) is 11.5. The topological polar surface area (TPSA) is 79.2 Å². The Kier molecular flexibility index (Phi) is 5.41. The smallest absolute Gasteiger partial charge is 0.364 e. The molecular formula is C24H17F4N3O2. The molecule has 0 saturated heterocycles. The Morgan fingerprint density at radius 1 is 0.970 bits per heavy atom. The number of hydrogen-bond donors (Lipinski definition) is 2. The monoisotopic (exact) mass is 455 g/mol. The number of fused-ring (bicyclic) bond motifs is 1. The van der Waals surface area contributed by atoms with Crippen LogP contribution in [0.4, 0.5) is 28.9 Å². The second-order valence-electron chi connectivity index (χ2n) is 7.35. The molecule has 0 atom stereocenters. The largest absolute Gasteiger partial charge is 0.416 e. The number of hydrogen-bond acceptors (Lipinski definition) is 2. The van der Waals surface area contributed by atoms with Crippen molar-refractivity contribution in [2.45, 2.75) is 13.1 Å². The zero-order chi connectivity index (χ0) is 23.9. The van der Waals surface area contributed by atoms with Gasteiger partial charge in [-0.2, -0.15) is 13.2 Å². The number of aromatic amines is 1. The van der Waals surface area contributed by atoms with E-state index in [1.165, 1.54) is 12.1 Å². The maximum absolute atomic E-state index is 14.5. The number of aromatic nitrogens is 1. The first-order chi connectivity index (χ1) is 15.6. The first kappa shape index (κ1) is 22.1. The summed E-state index contributed by atoms with van der Waals surface area (Å²) in [6.07, 6.45) is -4.70. The van der Waals surface area contributed by atoms with Crippen LogP contribution in [0.1, 0.15) is 23.0 Å². The second-order valence-corrected chi connectivity index (χ2v) is 7.35. The summed E-state index contributed by atoms with van der Waals surface area (Å²) in [6, 6.07) is 15.2. The van der Waals surface area contributed by atoms with E-state index in [-0.39, 0.29) is 11.4 Å². The van der Waals surface area contributed by atoms with Gasteiger partial charge in [0, 0.05) is 29.1 Å². The number of halogens is 4. The van der Waals surface area contributed by atoms with Crippen LogP contribution in [-0.4, -0.2) is 16.8 Å². The molecule has 0 unspecified atom stereocenters. The Balaban J connectivity index is 1.81. The highest BCUT2D eigenvalue weighted by atomic mass is 19.4. The zero-order valence-corrected chi connectivity index (χ0v) is 17.2. The van der Waals surface area contributed by atoms with E-state index in [1.54, 1.807) is 36.4 Å². The van der Waals surface area contributed by atoms with Gasteiger partial charge in [0.05, 0.1) is 11.3 Å². The molecule has 1 heterocycles. The Labute approximate surface area is 185 Å². The molecule has 4 rings (SSSR count). The van der Waals surface area contributed by atoms with Crippen molar-refractivity contribution >= 4 is 34.1 Å². The number of amides is 2. The van der Waals surface area contributed by atoms with Gasteiger partial charge >= 0.3 is 6.18 Å². The lowest BCUT2D eigenvalue weighted by atomic mass is 10.0. The molecule has 2 amide bonds. The highest BCUT2D eigenvalue weighted by Crippen LogP contribution is 2.37. The van der Waals surface area contributed by atoms with Crippen LogP contribution in [0.2, 0.25) is 0 Å². The number of primary amides is 1. The van der Waals surface area contributed by atoms with Crippen LogP contribution in [-0.2, 0) is 11.0 Å². The number of benzene rings is 3. The molecule has 0 aliphatic heterocycles. The molecule has 0 fully saturated rings. The van der Waals surface area contributed by atoms with Crippen molar-refractivity contribution in [2.75, 3.05) is 4.90 Å². The fraction of sp³-hybridized carbons (Fsp3) is 0.0833. The number of nitrogens with one attached hydrogen (secondary N) is 1. The van der Waals surface area contributed by atoms with Gasteiger partial charge in [0.2, 0.25) is 5.91 Å². The molecule has 0 radical (unpaired) electrons. The van der Waals surface area contributed by atoms with Crippen molar-refractivity contribution in [3.8, 4) is 11.1 Å². The first-order valence-electron chi connectivity index (χ1n) is 9.76. The molecule has 168 valence electrons. The van der Waals surface area contributed by atoms with E-state index in [0.29, 0.717) is 34.8 Å². The molecule has 4 aromatic rings. The second kappa shape index (κ2) is 8.09. The van der Waals surface area contributed by atoms with E-state index in [0.717, 1.165) is 17.2 Å². The molecule has 9 heteroatoms. The van der Waals surface area contributed by atoms with Crippen LogP contribution in [0.15, 0.2) is 66.7 Å². The third-order valence-electron chi connectivity index (χ3n) is 5.20. The van der Waals surface area contributed by atoms with Gasteiger partial charge in [-0.25, -0.2) is 4.39 Å². The van der Waals surface area contributed by atoms with Gasteiger partial charge in [0.1, 0.15) is 11.5 Å². The summed E-state index contributed by atoms with van der Waals surface area (Å²) in [5.74, 6) is -2.32. The van der Waals surface area contributed by atoms with E-state index in [9.17, 15) is 27.2 Å². The van der Waals surface area contributed by atoms with Crippen molar-refractivity contribution in [1.82, 2.24) is 4.98 Å². The summed E-state index contributed by atoms with van der Waals surface area (Å²) >= 11 is 0. The molecular weight excluding hydrogens is 438 g/mol. The standard InChI is InChI=1S/C24H17F4N3O2/c1-13(32)31(20-12-15(24(26,27)28)8-11-18(20)25)16-9-6-14(7-10-16)21-17-4-2-3-5-19(17)30-22(21)23(29)33/h2-12,30H,1H3,(H2,29,33). The number of nitrogens with zero attached hydrogens (tertiary/aromatic N) is 1. The predicted molar refractivity (Wildman–Crippen MR) is 116 cm³/mol. The summed E-state index contributed by atoms with van der Waals surface area (Å²) in [5, 5.41) is 0.742. The molecule has 0 saturated carbocycles. The average molecular weight is 455 g/mol. The summed E-state index contributed by atoms with van der Waals surface area (Å²) in [4.78, 5) is 28.1. The van der Waals surface area contributed by atoms with Gasteiger partial charge in [-0.05, 0) is 42.0 Å². The van der Waals surface area contributed by atoms with Crippen LogP contribution < -0.4 is 10.6 Å². The van der Waals surface area contributed by atoms with Gasteiger partial charge < -0.3 is 10.7 Å². The molecule has 1 aromatic heterocycles. The summed E-state index contributed by atoms with van der Waals surface area (Å²) in [6.45, 7) is 1.12. The lowest BCUT2D eigenvalue weighted by Gasteiger charge is -2.23. The minimum absolute atomic E-state index is 0.157. The molecule has 3 aromatic carbocycles. The first-order valence-corrected chi connectivity index (χ1v) is 9.76. The maximum atomic E-state index is 14.5. The Hall–Kier alpha value is -4.14. The van der Waals surface area contributed by atoms with E-state index in [1.807, 2.05) is 0 Å². The van der Waals surface area contributed by atoms with Crippen molar-refractivity contribution < 1.29 is 27.2 Å². The van der Waals surface area contributed by atoms with Crippen LogP contribution >= 0.6 is 0 Å². The number of anilines is 2. The number of rotatable bonds is 4. The minimum atomic E-state index is -4.70. The Bertz CT molecular complexity index is 1370. The number of H-pyrrole nitrogens is 1. The lowest BCUT2D eigenvalue weighted by Crippen LogP contribution is -2.24. The molecule has 0 aliphatic carbocycles. The van der Waals surface area contributed by atoms with Crippen molar-refractivity contribution in [1.29, 1.82) is 0 Å². The van der Waals surface area contributed by atoms with Crippen LogP contribution in [0, 0.1) is 5.82 Å². The molecule has 5 nitrogen and oxygen atoms in total. The van der Waals surface area contributed by atoms with E-state index in [4.69, 9.17) is 5.73 Å². The molecule has 3 N–H and O–H groups in total. The Morgan fingerprint density at radius 2 is 1.64 bits per heavy atom. The van der Waals surface area contributed by atoms with Gasteiger partial charge in [-0.3, -0.25) is 14.5 Å². The zero-order valence-electron chi connectivity index (χ0n) is 17.2. The lowest BCUT2D eigenvalue weighted by molar-refractivity contribution is -0.137. The molecule has 0 spiro atoms. The SMILES string of the molecule is CC(=O)N(c1ccc(-c2c(C(N)=O)[nH]c3ccccc23)cc1)c1cc(C(F)(F)F)ccc1F. The molecule has 0 aliphatic rings. The van der Waals surface area contributed by atoms with Gasteiger partial charge in [-0.1, -0.05) is 30.3 Å². The molecule has 0 bridgehead atoms. The highest BCUT2D eigenvalue weighted by Gasteiger charge is 2.32. The number of nitrogens with two attached hydrogens (primary N) is 1. The number of alkyl halides is 3. The number of carbonyl (C=O) groups is 2. The van der Waals surface area contributed by atoms with Crippen molar-refractivity contribution in [2.24, 2.45) is 5.73 Å². The average Bonchev–Trinajstić information content (AvgIpc) is 3.15. The highest BCUT2D eigenvalue weighted by molar-refractivity contribution is 6.09. The van der Waals surface area contributed by atoms with Crippen molar-refractivity contribution in [3.63, 3.8) is 0 Å². The maximum Gasteiger partial charge on any atom is 0.416 e. The van der Waals surface area contributed by atoms with Gasteiger partial charge in [0.15, 0.2) is 0 Å². The van der Waals surface area contributed by atoms with Gasteiger partial charge in [0.25, 0.3) is 5.91 Å². The van der Waals surface area contributed by atoms with E-state index in [2.05, 4.69) is 4.98 Å². The number of para-hydroxylation sites is 1. The quantitative estimate of drug-likeness (QED) is 0.383. The van der Waals surface area contributed by atoms with Crippen LogP contribution in [0.3, 0.4) is 0 Å². The fourth-order valence-electron chi connectivity index (χ4n) is 3.75. The fourth-order valence-corrected chi connectivity index (χ4v) is 3.75. The van der Waals surface area contributed by atoms with Gasteiger partial charge in [-0.15, -0.1) is 0 Å². The van der Waals surface area contributed by atoms with Crippen LogP contribution in [0.25, 0.3) is 22.0 Å². The predicted octanol–water partition coefficient (Wildman–Crippen LogP) is 5.78. The third-order valence-corrected chi connectivity index (χ3v) is 5.20. The molecule has 33 heavy (non-hydrogen) atoms.